The number of aromatic nitrogens is 3. The zero-order valence-electron chi connectivity index (χ0n) is 15.8. The van der Waals surface area contributed by atoms with Gasteiger partial charge in [0.05, 0.1) is 23.9 Å². The fourth-order valence-electron chi connectivity index (χ4n) is 3.36. The van der Waals surface area contributed by atoms with E-state index in [9.17, 15) is 0 Å². The lowest BCUT2D eigenvalue weighted by Crippen LogP contribution is -2.37. The van der Waals surface area contributed by atoms with Crippen LogP contribution in [0.2, 0.25) is 0 Å². The normalized spacial score (nSPS) is 19.8. The number of halogens is 1. The third kappa shape index (κ3) is 3.64. The summed E-state index contributed by atoms with van der Waals surface area (Å²) in [4.78, 5) is 7.08. The van der Waals surface area contributed by atoms with Crippen LogP contribution in [0.3, 0.4) is 0 Å². The van der Waals surface area contributed by atoms with Crippen molar-refractivity contribution in [3.05, 3.63) is 35.4 Å². The van der Waals surface area contributed by atoms with E-state index in [2.05, 4.69) is 44.6 Å². The highest BCUT2D eigenvalue weighted by atomic mass is 127. The summed E-state index contributed by atoms with van der Waals surface area (Å²) in [6, 6.07) is 6.16. The van der Waals surface area contributed by atoms with E-state index < -0.39 is 0 Å². The first-order chi connectivity index (χ1) is 13.1. The first-order valence-electron chi connectivity index (χ1n) is 8.73. The Morgan fingerprint density at radius 3 is 2.78 bits per heavy atom. The van der Waals surface area contributed by atoms with Gasteiger partial charge in [0.1, 0.15) is 11.5 Å². The number of fused-ring (bicyclic) bond motifs is 1. The average molecular weight is 499 g/mol. The summed E-state index contributed by atoms with van der Waals surface area (Å²) in [6.45, 7) is 6.90. The molecule has 4 rings (SSSR count). The Balaban J connectivity index is 1.56. The van der Waals surface area contributed by atoms with Gasteiger partial charge in [-0.25, -0.2) is 4.99 Å². The third-order valence-corrected chi connectivity index (χ3v) is 9.64. The summed E-state index contributed by atoms with van der Waals surface area (Å²) in [6.07, 6.45) is 0. The fourth-order valence-corrected chi connectivity index (χ4v) is 7.14. The molecule has 27 heavy (non-hydrogen) atoms. The lowest BCUT2D eigenvalue weighted by molar-refractivity contribution is 0.154. The van der Waals surface area contributed by atoms with E-state index in [0.717, 1.165) is 53.4 Å². The van der Waals surface area contributed by atoms with E-state index in [1.165, 1.54) is 3.63 Å². The molecule has 0 radical (unpaired) electrons. The molecule has 0 N–H and O–H groups in total. The largest absolute Gasteiger partial charge is 0.497 e. The highest BCUT2D eigenvalue weighted by Crippen LogP contribution is 2.35. The molecule has 0 unspecified atom stereocenters. The Labute approximate surface area is 171 Å². The summed E-state index contributed by atoms with van der Waals surface area (Å²) in [5, 5.41) is 10.00. The minimum atomic E-state index is -0.0325. The van der Waals surface area contributed by atoms with Crippen molar-refractivity contribution in [3.63, 3.8) is 0 Å². The number of benzene rings is 1. The lowest BCUT2D eigenvalue weighted by Gasteiger charge is -2.34. The lowest BCUT2D eigenvalue weighted by atomic mass is 10.1. The maximum absolute atomic E-state index is 5.56. The van der Waals surface area contributed by atoms with Crippen LogP contribution >= 0.6 is 28.3 Å². The van der Waals surface area contributed by atoms with E-state index in [1.54, 1.807) is 14.2 Å². The number of methoxy groups -OCH3 is 2. The minimum absolute atomic E-state index is 0.0325. The van der Waals surface area contributed by atoms with Gasteiger partial charge in [-0.2, -0.15) is 0 Å². The molecule has 9 heteroatoms. The summed E-state index contributed by atoms with van der Waals surface area (Å²) in [7, 11) is 5.21. The molecule has 0 fully saturated rings. The van der Waals surface area contributed by atoms with Crippen LogP contribution in [0.15, 0.2) is 23.2 Å². The molecular formula is C18H22IN5O2S. The third-order valence-electron chi connectivity index (χ3n) is 4.85. The van der Waals surface area contributed by atoms with Crippen LogP contribution in [0, 0.1) is 0 Å². The maximum Gasteiger partial charge on any atom is 0.190 e. The molecule has 2 aliphatic heterocycles. The summed E-state index contributed by atoms with van der Waals surface area (Å²) in [5.41, 5.74) is 1.14. The van der Waals surface area contributed by atoms with E-state index >= 15 is 0 Å². The molecule has 7 nitrogen and oxygen atoms in total. The SMILES string of the molecule is COc1ccc(CN2CCn3c(C4=NC(C)=IS4)nnc3[C@H]2C)c(OC)c1. The average Bonchev–Trinajstić information content (AvgIpc) is 3.30. The molecular weight excluding hydrogens is 477 g/mol. The number of nitrogens with zero attached hydrogens (tertiary/aromatic N) is 5. The van der Waals surface area contributed by atoms with Gasteiger partial charge in [-0.1, -0.05) is 6.07 Å². The highest BCUT2D eigenvalue weighted by Gasteiger charge is 2.30. The molecule has 0 saturated heterocycles. The van der Waals surface area contributed by atoms with Gasteiger partial charge in [0.15, 0.2) is 16.7 Å². The van der Waals surface area contributed by atoms with E-state index in [0.29, 0.717) is 0 Å². The topological polar surface area (TPSA) is 64.8 Å². The van der Waals surface area contributed by atoms with Crippen molar-refractivity contribution in [1.29, 1.82) is 0 Å². The molecule has 144 valence electrons. The summed E-state index contributed by atoms with van der Waals surface area (Å²) in [5.74, 6) is 3.59. The molecule has 2 aromatic rings. The van der Waals surface area contributed by atoms with Crippen molar-refractivity contribution in [2.45, 2.75) is 33.0 Å². The van der Waals surface area contributed by atoms with Crippen molar-refractivity contribution >= 4 is 37.0 Å². The second-order valence-corrected chi connectivity index (χ2v) is 11.3. The van der Waals surface area contributed by atoms with Crippen LogP contribution < -0.4 is 9.47 Å². The zero-order valence-corrected chi connectivity index (χ0v) is 18.7. The number of rotatable bonds is 5. The number of aliphatic imine (C=N–C) groups is 1. The Hall–Kier alpha value is -1.46. The van der Waals surface area contributed by atoms with Gasteiger partial charge in [0, 0.05) is 31.3 Å². The van der Waals surface area contributed by atoms with Crippen molar-refractivity contribution in [3.8, 4) is 11.5 Å². The second-order valence-electron chi connectivity index (χ2n) is 6.43. The Morgan fingerprint density at radius 2 is 2.07 bits per heavy atom. The monoisotopic (exact) mass is 499 g/mol. The fraction of sp³-hybridized carbons (Fsp3) is 0.444. The molecule has 0 aliphatic carbocycles. The molecule has 0 spiro atoms. The molecule has 0 bridgehead atoms. The van der Waals surface area contributed by atoms with Crippen LogP contribution in [-0.4, -0.2) is 49.1 Å². The Morgan fingerprint density at radius 1 is 1.22 bits per heavy atom. The van der Waals surface area contributed by atoms with Crippen LogP contribution in [-0.2, 0) is 13.1 Å². The zero-order chi connectivity index (χ0) is 19.0. The summed E-state index contributed by atoms with van der Waals surface area (Å²) < 4.78 is 14.3. The van der Waals surface area contributed by atoms with Crippen molar-refractivity contribution in [2.75, 3.05) is 20.8 Å². The molecule has 0 saturated carbocycles. The van der Waals surface area contributed by atoms with Gasteiger partial charge in [-0.3, -0.25) is 4.90 Å². The smallest absolute Gasteiger partial charge is 0.190 e. The van der Waals surface area contributed by atoms with Crippen LogP contribution in [0.4, 0.5) is 0 Å². The number of ether oxygens (including phenoxy) is 2. The quantitative estimate of drug-likeness (QED) is 0.588. The van der Waals surface area contributed by atoms with Gasteiger partial charge < -0.3 is 14.0 Å². The van der Waals surface area contributed by atoms with Gasteiger partial charge in [-0.05, 0) is 48.2 Å². The van der Waals surface area contributed by atoms with Crippen LogP contribution in [0.1, 0.15) is 37.1 Å². The highest BCUT2D eigenvalue weighted by molar-refractivity contribution is 14.2. The summed E-state index contributed by atoms with van der Waals surface area (Å²) >= 11 is -0.0325. The van der Waals surface area contributed by atoms with Crippen LogP contribution in [0.5, 0.6) is 11.5 Å². The van der Waals surface area contributed by atoms with Gasteiger partial charge >= 0.3 is 0 Å². The van der Waals surface area contributed by atoms with Crippen molar-refractivity contribution < 1.29 is 9.47 Å². The second kappa shape index (κ2) is 7.88. The van der Waals surface area contributed by atoms with E-state index in [-0.39, 0.29) is 25.4 Å². The molecule has 2 aliphatic rings. The van der Waals surface area contributed by atoms with Gasteiger partial charge in [-0.15, -0.1) is 10.2 Å². The standard InChI is InChI=1S/C18H22IN5O2S/c1-11-16-21-22-17(18-20-12(2)19-27-18)24(16)8-7-23(11)10-13-5-6-14(25-3)9-15(13)26-4/h5-6,9,11H,7-8,10H2,1-4H3/t11-/m1/s1. The van der Waals surface area contributed by atoms with Crippen molar-refractivity contribution in [2.24, 2.45) is 4.99 Å². The molecule has 1 atom stereocenters. The maximum atomic E-state index is 5.56. The molecule has 1 aromatic heterocycles. The Kier molecular flexibility index (Phi) is 5.51. The van der Waals surface area contributed by atoms with E-state index in [1.807, 2.05) is 21.1 Å². The number of hydrogen-bond acceptors (Lipinski definition) is 7. The molecule has 1 aromatic carbocycles. The van der Waals surface area contributed by atoms with Gasteiger partial charge in [0.25, 0.3) is 0 Å². The van der Waals surface area contributed by atoms with Crippen LogP contribution in [0.25, 0.3) is 0 Å². The predicted octanol–water partition coefficient (Wildman–Crippen LogP) is 3.40. The predicted molar refractivity (Wildman–Crippen MR) is 117 cm³/mol. The van der Waals surface area contributed by atoms with E-state index in [4.69, 9.17) is 9.47 Å². The van der Waals surface area contributed by atoms with Gasteiger partial charge in [0.2, 0.25) is 0 Å². The Bertz CT molecular complexity index is 926. The molecule has 0 amide bonds. The number of hydrogen-bond donors (Lipinski definition) is 0. The first-order valence-corrected chi connectivity index (χ1v) is 13.2. The minimum Gasteiger partial charge on any atom is -0.497 e. The first kappa shape index (κ1) is 18.9. The van der Waals surface area contributed by atoms with Crippen molar-refractivity contribution in [1.82, 2.24) is 19.7 Å². The molecule has 3 heterocycles.